The van der Waals surface area contributed by atoms with E-state index in [2.05, 4.69) is 43.6 Å². The average Bonchev–Trinajstić information content (AvgIpc) is 3.10. The van der Waals surface area contributed by atoms with Gasteiger partial charge in [-0.15, -0.1) is 0 Å². The average molecular weight is 426 g/mol. The van der Waals surface area contributed by atoms with Crippen molar-refractivity contribution in [2.45, 2.75) is 51.7 Å². The lowest BCUT2D eigenvalue weighted by Gasteiger charge is -2.40. The fourth-order valence-electron chi connectivity index (χ4n) is 4.42. The van der Waals surface area contributed by atoms with E-state index in [9.17, 15) is 5.11 Å². The van der Waals surface area contributed by atoms with E-state index in [1.54, 1.807) is 19.5 Å². The molecule has 0 amide bonds. The summed E-state index contributed by atoms with van der Waals surface area (Å²) in [4.78, 5) is 20.4. The minimum atomic E-state index is -0.252. The molecule has 3 aromatic heterocycles. The number of aryl methyl sites for hydroxylation is 1. The van der Waals surface area contributed by atoms with Crippen molar-refractivity contribution in [1.29, 1.82) is 0 Å². The largest absolute Gasteiger partial charge is 0.396 e. The number of aliphatic hydroxyl groups is 1. The van der Waals surface area contributed by atoms with Crippen LogP contribution in [-0.4, -0.2) is 62.0 Å². The Hall–Kier alpha value is -2.78. The SMILES string of the molecule is COC1(CCO)CCN(c2nccc(Nc3cc4c(cn3)nc(C)n4C(C)C)n2)CC1. The molecule has 4 rings (SSSR count). The van der Waals surface area contributed by atoms with E-state index in [1.165, 1.54) is 0 Å². The second-order valence-corrected chi connectivity index (χ2v) is 8.40. The Kier molecular flexibility index (Phi) is 6.06. The maximum absolute atomic E-state index is 9.35. The zero-order valence-corrected chi connectivity index (χ0v) is 18.7. The van der Waals surface area contributed by atoms with E-state index in [1.807, 2.05) is 19.1 Å². The number of methoxy groups -OCH3 is 1. The van der Waals surface area contributed by atoms with E-state index in [0.29, 0.717) is 24.2 Å². The molecular formula is C22H31N7O2. The third kappa shape index (κ3) is 4.33. The molecule has 0 radical (unpaired) electrons. The maximum Gasteiger partial charge on any atom is 0.227 e. The van der Waals surface area contributed by atoms with Gasteiger partial charge in [-0.2, -0.15) is 4.98 Å². The third-order valence-corrected chi connectivity index (χ3v) is 6.13. The summed E-state index contributed by atoms with van der Waals surface area (Å²) >= 11 is 0. The molecule has 166 valence electrons. The van der Waals surface area contributed by atoms with Crippen LogP contribution >= 0.6 is 0 Å². The summed E-state index contributed by atoms with van der Waals surface area (Å²) < 4.78 is 7.92. The first-order valence-corrected chi connectivity index (χ1v) is 10.8. The number of piperidine rings is 1. The minimum absolute atomic E-state index is 0.135. The highest BCUT2D eigenvalue weighted by atomic mass is 16.5. The molecule has 0 unspecified atom stereocenters. The van der Waals surface area contributed by atoms with E-state index < -0.39 is 0 Å². The normalized spacial score (nSPS) is 16.3. The standard InChI is InChI=1S/C22H31N7O2/c1-15(2)29-16(3)25-17-14-24-20(13-18(17)29)26-19-5-9-23-21(27-19)28-10-6-22(31-4,7-11-28)8-12-30/h5,9,13-15,30H,6-8,10-12H2,1-4H3,(H,23,24,26,27). The Morgan fingerprint density at radius 3 is 2.65 bits per heavy atom. The molecule has 1 aliphatic rings. The summed E-state index contributed by atoms with van der Waals surface area (Å²) in [5.41, 5.74) is 1.69. The Morgan fingerprint density at radius 2 is 1.97 bits per heavy atom. The summed E-state index contributed by atoms with van der Waals surface area (Å²) in [7, 11) is 1.73. The number of anilines is 3. The summed E-state index contributed by atoms with van der Waals surface area (Å²) in [5.74, 6) is 3.08. The molecule has 2 N–H and O–H groups in total. The van der Waals surface area contributed by atoms with Crippen molar-refractivity contribution in [2.75, 3.05) is 37.0 Å². The van der Waals surface area contributed by atoms with E-state index in [0.717, 1.165) is 48.6 Å². The van der Waals surface area contributed by atoms with Gasteiger partial charge in [0.1, 0.15) is 23.0 Å². The molecule has 0 bridgehead atoms. The van der Waals surface area contributed by atoms with Gasteiger partial charge in [0.05, 0.1) is 17.3 Å². The van der Waals surface area contributed by atoms with Crippen LogP contribution in [0.3, 0.4) is 0 Å². The number of aromatic nitrogens is 5. The molecule has 9 nitrogen and oxygen atoms in total. The fourth-order valence-corrected chi connectivity index (χ4v) is 4.42. The van der Waals surface area contributed by atoms with Crippen molar-refractivity contribution in [1.82, 2.24) is 24.5 Å². The van der Waals surface area contributed by atoms with Crippen molar-refractivity contribution in [3.8, 4) is 0 Å². The molecule has 4 heterocycles. The number of rotatable bonds is 7. The second-order valence-electron chi connectivity index (χ2n) is 8.40. The smallest absolute Gasteiger partial charge is 0.227 e. The van der Waals surface area contributed by atoms with Crippen LogP contribution in [0.2, 0.25) is 0 Å². The molecular weight excluding hydrogens is 394 g/mol. The highest BCUT2D eigenvalue weighted by Crippen LogP contribution is 2.31. The zero-order chi connectivity index (χ0) is 22.0. The number of aliphatic hydroxyl groups excluding tert-OH is 1. The molecule has 0 atom stereocenters. The van der Waals surface area contributed by atoms with Crippen molar-refractivity contribution < 1.29 is 9.84 Å². The lowest BCUT2D eigenvalue weighted by atomic mass is 9.88. The summed E-state index contributed by atoms with van der Waals surface area (Å²) in [6, 6.07) is 4.17. The van der Waals surface area contributed by atoms with Crippen LogP contribution in [-0.2, 0) is 4.74 Å². The Labute approximate surface area is 182 Å². The topological polar surface area (TPSA) is 101 Å². The molecule has 1 aliphatic heterocycles. The Balaban J connectivity index is 1.51. The Bertz CT molecular complexity index is 1040. The summed E-state index contributed by atoms with van der Waals surface area (Å²) in [6.07, 6.45) is 5.88. The first-order valence-electron chi connectivity index (χ1n) is 10.8. The number of fused-ring (bicyclic) bond motifs is 1. The van der Waals surface area contributed by atoms with Gasteiger partial charge in [-0.05, 0) is 46.1 Å². The number of nitrogens with zero attached hydrogens (tertiary/aromatic N) is 6. The molecule has 31 heavy (non-hydrogen) atoms. The van der Waals surface area contributed by atoms with E-state index in [4.69, 9.17) is 9.72 Å². The number of nitrogens with one attached hydrogen (secondary N) is 1. The van der Waals surface area contributed by atoms with Crippen LogP contribution in [0.15, 0.2) is 24.5 Å². The first-order chi connectivity index (χ1) is 14.9. The number of pyridine rings is 1. The van der Waals surface area contributed by atoms with E-state index >= 15 is 0 Å². The number of hydrogen-bond acceptors (Lipinski definition) is 8. The van der Waals surface area contributed by atoms with Gasteiger partial charge in [0.2, 0.25) is 5.95 Å². The molecule has 0 spiro atoms. The summed E-state index contributed by atoms with van der Waals surface area (Å²) in [6.45, 7) is 8.02. The van der Waals surface area contributed by atoms with Gasteiger partial charge in [-0.3, -0.25) is 0 Å². The van der Waals surface area contributed by atoms with Crippen LogP contribution in [0.1, 0.15) is 45.0 Å². The van der Waals surface area contributed by atoms with Crippen molar-refractivity contribution in [2.24, 2.45) is 0 Å². The zero-order valence-electron chi connectivity index (χ0n) is 18.7. The number of imidazole rings is 1. The van der Waals surface area contributed by atoms with Crippen LogP contribution < -0.4 is 10.2 Å². The molecule has 0 aromatic carbocycles. The van der Waals surface area contributed by atoms with Crippen LogP contribution in [0.4, 0.5) is 17.6 Å². The summed E-state index contributed by atoms with van der Waals surface area (Å²) in [5, 5.41) is 12.7. The highest BCUT2D eigenvalue weighted by Gasteiger charge is 2.34. The van der Waals surface area contributed by atoms with Gasteiger partial charge in [-0.25, -0.2) is 15.0 Å². The molecule has 1 fully saturated rings. The second kappa shape index (κ2) is 8.76. The predicted octanol–water partition coefficient (Wildman–Crippen LogP) is 3.22. The lowest BCUT2D eigenvalue weighted by molar-refractivity contribution is -0.0456. The molecule has 1 saturated heterocycles. The quantitative estimate of drug-likeness (QED) is 0.595. The third-order valence-electron chi connectivity index (χ3n) is 6.13. The van der Waals surface area contributed by atoms with Gasteiger partial charge in [-0.1, -0.05) is 0 Å². The number of ether oxygens (including phenoxy) is 1. The van der Waals surface area contributed by atoms with Gasteiger partial charge >= 0.3 is 0 Å². The Morgan fingerprint density at radius 1 is 1.19 bits per heavy atom. The molecule has 9 heteroatoms. The molecule has 0 saturated carbocycles. The van der Waals surface area contributed by atoms with Crippen LogP contribution in [0.25, 0.3) is 11.0 Å². The predicted molar refractivity (Wildman–Crippen MR) is 121 cm³/mol. The highest BCUT2D eigenvalue weighted by molar-refractivity contribution is 5.79. The molecule has 0 aliphatic carbocycles. The van der Waals surface area contributed by atoms with Crippen molar-refractivity contribution >= 4 is 28.6 Å². The fraction of sp³-hybridized carbons (Fsp3) is 0.545. The molecule has 3 aromatic rings. The van der Waals surface area contributed by atoms with Crippen molar-refractivity contribution in [3.63, 3.8) is 0 Å². The van der Waals surface area contributed by atoms with Gasteiger partial charge in [0, 0.05) is 45.1 Å². The minimum Gasteiger partial charge on any atom is -0.396 e. The van der Waals surface area contributed by atoms with Crippen molar-refractivity contribution in [3.05, 3.63) is 30.4 Å². The van der Waals surface area contributed by atoms with Gasteiger partial charge < -0.3 is 24.6 Å². The van der Waals surface area contributed by atoms with Crippen LogP contribution in [0, 0.1) is 6.92 Å². The monoisotopic (exact) mass is 425 g/mol. The van der Waals surface area contributed by atoms with Gasteiger partial charge in [0.25, 0.3) is 0 Å². The maximum atomic E-state index is 9.35. The van der Waals surface area contributed by atoms with Gasteiger partial charge in [0.15, 0.2) is 0 Å². The number of hydrogen-bond donors (Lipinski definition) is 2. The van der Waals surface area contributed by atoms with E-state index in [-0.39, 0.29) is 12.2 Å². The first kappa shape index (κ1) is 21.5. The van der Waals surface area contributed by atoms with Crippen LogP contribution in [0.5, 0.6) is 0 Å². The lowest BCUT2D eigenvalue weighted by Crippen LogP contribution is -2.46.